The lowest BCUT2D eigenvalue weighted by Gasteiger charge is -2.06. The molecule has 3 aromatic rings. The maximum Gasteiger partial charge on any atom is 0.184 e. The van der Waals surface area contributed by atoms with Crippen molar-refractivity contribution in [1.82, 2.24) is 9.97 Å². The predicted octanol–water partition coefficient (Wildman–Crippen LogP) is 4.17. The molecule has 20 heavy (non-hydrogen) atoms. The molecule has 4 heteroatoms. The average molecular weight is 283 g/mol. The average Bonchev–Trinajstić information content (AvgIpc) is 2.87. The zero-order valence-electron chi connectivity index (χ0n) is 11.7. The van der Waals surface area contributed by atoms with Crippen molar-refractivity contribution in [2.24, 2.45) is 0 Å². The van der Waals surface area contributed by atoms with Gasteiger partial charge in [0.15, 0.2) is 5.13 Å². The summed E-state index contributed by atoms with van der Waals surface area (Å²) in [5, 5.41) is 4.35. The molecule has 3 nitrogen and oxygen atoms in total. The Morgan fingerprint density at radius 1 is 1.25 bits per heavy atom. The lowest BCUT2D eigenvalue weighted by molar-refractivity contribution is 0.970. The molecule has 0 radical (unpaired) electrons. The molecule has 0 aliphatic rings. The van der Waals surface area contributed by atoms with E-state index in [9.17, 15) is 0 Å². The number of hydrogen-bond donors (Lipinski definition) is 1. The number of pyridine rings is 1. The van der Waals surface area contributed by atoms with Crippen LogP contribution in [0.5, 0.6) is 0 Å². The molecule has 3 rings (SSSR count). The fourth-order valence-electron chi connectivity index (χ4n) is 2.22. The van der Waals surface area contributed by atoms with Gasteiger partial charge in [-0.15, -0.1) is 0 Å². The van der Waals surface area contributed by atoms with Gasteiger partial charge in [-0.3, -0.25) is 4.98 Å². The first kappa shape index (κ1) is 13.1. The van der Waals surface area contributed by atoms with Crippen LogP contribution in [0, 0.1) is 6.92 Å². The standard InChI is InChI=1S/C16H17N3S/c1-3-12-5-4-8-17-14(12)10-18-16-19-13-9-11(2)6-7-15(13)20-16/h4-9H,3,10H2,1-2H3,(H,18,19). The fraction of sp³-hybridized carbons (Fsp3) is 0.250. The third-order valence-electron chi connectivity index (χ3n) is 3.32. The van der Waals surface area contributed by atoms with Crippen molar-refractivity contribution in [2.45, 2.75) is 26.8 Å². The fourth-order valence-corrected chi connectivity index (χ4v) is 3.07. The smallest absolute Gasteiger partial charge is 0.184 e. The summed E-state index contributed by atoms with van der Waals surface area (Å²) in [6, 6.07) is 10.5. The van der Waals surface area contributed by atoms with Gasteiger partial charge in [0.1, 0.15) is 0 Å². The van der Waals surface area contributed by atoms with Crippen molar-refractivity contribution >= 4 is 26.7 Å². The number of anilines is 1. The molecule has 2 aromatic heterocycles. The van der Waals surface area contributed by atoms with E-state index in [1.165, 1.54) is 15.8 Å². The second-order valence-corrected chi connectivity index (χ2v) is 5.84. The summed E-state index contributed by atoms with van der Waals surface area (Å²) in [6.45, 7) is 4.97. The van der Waals surface area contributed by atoms with Gasteiger partial charge in [0.25, 0.3) is 0 Å². The number of benzene rings is 1. The minimum atomic E-state index is 0.725. The highest BCUT2D eigenvalue weighted by molar-refractivity contribution is 7.22. The van der Waals surface area contributed by atoms with E-state index in [-0.39, 0.29) is 0 Å². The van der Waals surface area contributed by atoms with E-state index >= 15 is 0 Å². The van der Waals surface area contributed by atoms with Crippen molar-refractivity contribution in [3.63, 3.8) is 0 Å². The molecule has 102 valence electrons. The molecule has 0 aliphatic heterocycles. The van der Waals surface area contributed by atoms with E-state index in [4.69, 9.17) is 0 Å². The second kappa shape index (κ2) is 5.59. The molecule has 0 fully saturated rings. The van der Waals surface area contributed by atoms with Crippen LogP contribution in [-0.4, -0.2) is 9.97 Å². The van der Waals surface area contributed by atoms with Crippen molar-refractivity contribution in [2.75, 3.05) is 5.32 Å². The van der Waals surface area contributed by atoms with Crippen LogP contribution in [0.1, 0.15) is 23.7 Å². The number of nitrogens with one attached hydrogen (secondary N) is 1. The molecule has 0 bridgehead atoms. The van der Waals surface area contributed by atoms with Gasteiger partial charge in [-0.2, -0.15) is 0 Å². The molecule has 1 N–H and O–H groups in total. The summed E-state index contributed by atoms with van der Waals surface area (Å²) in [7, 11) is 0. The molecule has 0 unspecified atom stereocenters. The second-order valence-electron chi connectivity index (χ2n) is 4.81. The Balaban J connectivity index is 1.79. The summed E-state index contributed by atoms with van der Waals surface area (Å²) >= 11 is 1.69. The molecule has 2 heterocycles. The van der Waals surface area contributed by atoms with E-state index < -0.39 is 0 Å². The van der Waals surface area contributed by atoms with Crippen LogP contribution < -0.4 is 5.32 Å². The Bertz CT molecular complexity index is 733. The van der Waals surface area contributed by atoms with E-state index in [1.54, 1.807) is 11.3 Å². The highest BCUT2D eigenvalue weighted by atomic mass is 32.1. The summed E-state index contributed by atoms with van der Waals surface area (Å²) in [5.41, 5.74) is 4.70. The molecule has 0 spiro atoms. The number of thiazole rings is 1. The van der Waals surface area contributed by atoms with E-state index in [1.807, 2.05) is 12.3 Å². The van der Waals surface area contributed by atoms with Crippen molar-refractivity contribution in [1.29, 1.82) is 0 Å². The van der Waals surface area contributed by atoms with Crippen LogP contribution in [0.4, 0.5) is 5.13 Å². The first-order valence-electron chi connectivity index (χ1n) is 6.80. The van der Waals surface area contributed by atoms with Gasteiger partial charge in [0.2, 0.25) is 0 Å². The summed E-state index contributed by atoms with van der Waals surface area (Å²) in [5.74, 6) is 0. The van der Waals surface area contributed by atoms with Crippen LogP contribution in [0.25, 0.3) is 10.2 Å². The Labute approximate surface area is 122 Å². The molecule has 0 saturated carbocycles. The van der Waals surface area contributed by atoms with Crippen molar-refractivity contribution in [3.05, 3.63) is 53.3 Å². The SMILES string of the molecule is CCc1cccnc1CNc1nc2cc(C)ccc2s1. The molecule has 0 aliphatic carbocycles. The Morgan fingerprint density at radius 3 is 3.00 bits per heavy atom. The molecule has 0 atom stereocenters. The van der Waals surface area contributed by atoms with Crippen LogP contribution in [-0.2, 0) is 13.0 Å². The maximum atomic E-state index is 4.62. The quantitative estimate of drug-likeness (QED) is 0.780. The highest BCUT2D eigenvalue weighted by Gasteiger charge is 2.05. The normalized spacial score (nSPS) is 10.9. The summed E-state index contributed by atoms with van der Waals surface area (Å²) < 4.78 is 1.22. The molecular formula is C16H17N3S. The zero-order valence-corrected chi connectivity index (χ0v) is 12.5. The first-order chi connectivity index (χ1) is 9.76. The number of fused-ring (bicyclic) bond motifs is 1. The number of aromatic nitrogens is 2. The molecule has 1 aromatic carbocycles. The summed E-state index contributed by atoms with van der Waals surface area (Å²) in [4.78, 5) is 9.07. The Kier molecular flexibility index (Phi) is 3.65. The van der Waals surface area contributed by atoms with E-state index in [0.717, 1.165) is 29.3 Å². The van der Waals surface area contributed by atoms with Gasteiger partial charge in [0, 0.05) is 6.20 Å². The van der Waals surface area contributed by atoms with Crippen LogP contribution in [0.2, 0.25) is 0 Å². The molecular weight excluding hydrogens is 266 g/mol. The largest absolute Gasteiger partial charge is 0.356 e. The van der Waals surface area contributed by atoms with Gasteiger partial charge in [-0.1, -0.05) is 30.4 Å². The van der Waals surface area contributed by atoms with Gasteiger partial charge in [0.05, 0.1) is 22.5 Å². The minimum Gasteiger partial charge on any atom is -0.356 e. The molecule has 0 saturated heterocycles. The maximum absolute atomic E-state index is 4.62. The van der Waals surface area contributed by atoms with Crippen LogP contribution in [0.3, 0.4) is 0 Å². The van der Waals surface area contributed by atoms with Crippen molar-refractivity contribution < 1.29 is 0 Å². The third kappa shape index (κ3) is 2.65. The number of nitrogens with zero attached hydrogens (tertiary/aromatic N) is 2. The highest BCUT2D eigenvalue weighted by Crippen LogP contribution is 2.26. The monoisotopic (exact) mass is 283 g/mol. The predicted molar refractivity (Wildman–Crippen MR) is 85.3 cm³/mol. The number of hydrogen-bond acceptors (Lipinski definition) is 4. The zero-order chi connectivity index (χ0) is 13.9. The topological polar surface area (TPSA) is 37.8 Å². The number of aryl methyl sites for hydroxylation is 2. The van der Waals surface area contributed by atoms with Crippen LogP contribution in [0.15, 0.2) is 36.5 Å². The minimum absolute atomic E-state index is 0.725. The lowest BCUT2D eigenvalue weighted by atomic mass is 10.1. The Hall–Kier alpha value is -1.94. The van der Waals surface area contributed by atoms with Crippen molar-refractivity contribution in [3.8, 4) is 0 Å². The van der Waals surface area contributed by atoms with Crippen LogP contribution >= 0.6 is 11.3 Å². The van der Waals surface area contributed by atoms with Gasteiger partial charge < -0.3 is 5.32 Å². The summed E-state index contributed by atoms with van der Waals surface area (Å²) in [6.07, 6.45) is 2.85. The third-order valence-corrected chi connectivity index (χ3v) is 4.31. The van der Waals surface area contributed by atoms with Gasteiger partial charge >= 0.3 is 0 Å². The molecule has 0 amide bonds. The Morgan fingerprint density at radius 2 is 2.15 bits per heavy atom. The number of rotatable bonds is 4. The van der Waals surface area contributed by atoms with Gasteiger partial charge in [-0.05, 0) is 42.7 Å². The first-order valence-corrected chi connectivity index (χ1v) is 7.61. The van der Waals surface area contributed by atoms with E-state index in [2.05, 4.69) is 53.4 Å². The van der Waals surface area contributed by atoms with Gasteiger partial charge in [-0.25, -0.2) is 4.98 Å². The lowest BCUT2D eigenvalue weighted by Crippen LogP contribution is -2.04. The van der Waals surface area contributed by atoms with E-state index in [0.29, 0.717) is 0 Å².